The molecule has 5 nitrogen and oxygen atoms in total. The highest BCUT2D eigenvalue weighted by Crippen LogP contribution is 2.28. The molecular formula is C15H13N3O2. The summed E-state index contributed by atoms with van der Waals surface area (Å²) in [5.41, 5.74) is 2.01. The zero-order chi connectivity index (χ0) is 13.5. The van der Waals surface area contributed by atoms with Crippen LogP contribution in [-0.4, -0.2) is 33.9 Å². The molecule has 0 radical (unpaired) electrons. The van der Waals surface area contributed by atoms with Gasteiger partial charge in [0.2, 0.25) is 0 Å². The minimum Gasteiger partial charge on any atom is -0.459 e. The van der Waals surface area contributed by atoms with Crippen molar-refractivity contribution in [2.24, 2.45) is 0 Å². The maximum Gasteiger partial charge on any atom is 0.289 e. The van der Waals surface area contributed by atoms with Gasteiger partial charge in [0.05, 0.1) is 23.2 Å². The molecule has 1 saturated heterocycles. The molecule has 1 aliphatic rings. The fraction of sp³-hybridized carbons (Fsp3) is 0.200. The van der Waals surface area contributed by atoms with Gasteiger partial charge in [0.25, 0.3) is 5.91 Å². The molecule has 1 amide bonds. The number of benzene rings is 1. The molecule has 3 aromatic rings. The van der Waals surface area contributed by atoms with E-state index >= 15 is 0 Å². The van der Waals surface area contributed by atoms with Crippen LogP contribution in [0.2, 0.25) is 0 Å². The molecule has 1 fully saturated rings. The Bertz CT molecular complexity index is 721. The number of hydrogen-bond acceptors (Lipinski definition) is 3. The number of rotatable bonds is 2. The Morgan fingerprint density at radius 3 is 2.85 bits per heavy atom. The number of nitrogens with zero attached hydrogens (tertiary/aromatic N) is 2. The standard InChI is InChI=1S/C15H13N3O2/c19-15(13-6-3-7-20-13)18-8-10(9-18)14-16-11-4-1-2-5-12(11)17-14/h1-7,10H,8-9H2,(H,16,17). The molecule has 5 heteroatoms. The van der Waals surface area contributed by atoms with Crippen molar-refractivity contribution >= 4 is 16.9 Å². The normalized spacial score (nSPS) is 15.5. The molecule has 1 N–H and O–H groups in total. The van der Waals surface area contributed by atoms with Crippen LogP contribution in [0.5, 0.6) is 0 Å². The lowest BCUT2D eigenvalue weighted by Gasteiger charge is -2.37. The molecule has 4 rings (SSSR count). The summed E-state index contributed by atoms with van der Waals surface area (Å²) in [6.45, 7) is 1.36. The minimum absolute atomic E-state index is 0.0534. The summed E-state index contributed by atoms with van der Waals surface area (Å²) in [5, 5.41) is 0. The molecule has 3 heterocycles. The number of aromatic nitrogens is 2. The van der Waals surface area contributed by atoms with E-state index in [1.807, 2.05) is 24.3 Å². The molecular weight excluding hydrogens is 254 g/mol. The summed E-state index contributed by atoms with van der Waals surface area (Å²) in [5.74, 6) is 1.58. The van der Waals surface area contributed by atoms with Gasteiger partial charge in [0.15, 0.2) is 5.76 Å². The highest BCUT2D eigenvalue weighted by atomic mass is 16.3. The maximum absolute atomic E-state index is 12.0. The van der Waals surface area contributed by atoms with Crippen molar-refractivity contribution in [3.05, 3.63) is 54.2 Å². The zero-order valence-electron chi connectivity index (χ0n) is 10.7. The third-order valence-corrected chi connectivity index (χ3v) is 3.70. The van der Waals surface area contributed by atoms with Crippen LogP contribution in [0.15, 0.2) is 47.1 Å². The van der Waals surface area contributed by atoms with Crippen molar-refractivity contribution in [1.29, 1.82) is 0 Å². The topological polar surface area (TPSA) is 62.1 Å². The van der Waals surface area contributed by atoms with Crippen LogP contribution in [0, 0.1) is 0 Å². The number of para-hydroxylation sites is 2. The second-order valence-electron chi connectivity index (χ2n) is 5.02. The summed E-state index contributed by atoms with van der Waals surface area (Å²) < 4.78 is 5.13. The van der Waals surface area contributed by atoms with Gasteiger partial charge in [0, 0.05) is 13.1 Å². The molecule has 0 bridgehead atoms. The van der Waals surface area contributed by atoms with E-state index in [2.05, 4.69) is 9.97 Å². The van der Waals surface area contributed by atoms with Gasteiger partial charge >= 0.3 is 0 Å². The zero-order valence-corrected chi connectivity index (χ0v) is 10.7. The van der Waals surface area contributed by atoms with Crippen LogP contribution >= 0.6 is 0 Å². The van der Waals surface area contributed by atoms with Crippen molar-refractivity contribution in [3.63, 3.8) is 0 Å². The molecule has 0 spiro atoms. The fourth-order valence-corrected chi connectivity index (χ4v) is 2.54. The quantitative estimate of drug-likeness (QED) is 0.775. The lowest BCUT2D eigenvalue weighted by molar-refractivity contribution is 0.0563. The van der Waals surface area contributed by atoms with Crippen molar-refractivity contribution in [1.82, 2.24) is 14.9 Å². The summed E-state index contributed by atoms with van der Waals surface area (Å²) >= 11 is 0. The Morgan fingerprint density at radius 1 is 1.25 bits per heavy atom. The number of amides is 1. The van der Waals surface area contributed by atoms with Gasteiger partial charge < -0.3 is 14.3 Å². The van der Waals surface area contributed by atoms with Crippen molar-refractivity contribution in [2.75, 3.05) is 13.1 Å². The first-order chi connectivity index (χ1) is 9.81. The first-order valence-corrected chi connectivity index (χ1v) is 6.59. The van der Waals surface area contributed by atoms with Gasteiger partial charge in [-0.05, 0) is 24.3 Å². The second-order valence-corrected chi connectivity index (χ2v) is 5.02. The Morgan fingerprint density at radius 2 is 2.10 bits per heavy atom. The number of fused-ring (bicyclic) bond motifs is 1. The molecule has 100 valence electrons. The molecule has 0 unspecified atom stereocenters. The number of aromatic amines is 1. The van der Waals surface area contributed by atoms with E-state index in [4.69, 9.17) is 4.42 Å². The Kier molecular flexibility index (Phi) is 2.39. The Balaban J connectivity index is 1.49. The number of imidazole rings is 1. The predicted molar refractivity (Wildman–Crippen MR) is 73.4 cm³/mol. The minimum atomic E-state index is -0.0534. The summed E-state index contributed by atoms with van der Waals surface area (Å²) in [7, 11) is 0. The highest BCUT2D eigenvalue weighted by Gasteiger charge is 2.35. The van der Waals surface area contributed by atoms with E-state index in [1.54, 1.807) is 17.0 Å². The van der Waals surface area contributed by atoms with Gasteiger partial charge in [0.1, 0.15) is 5.82 Å². The fourth-order valence-electron chi connectivity index (χ4n) is 2.54. The molecule has 0 aliphatic carbocycles. The number of carbonyl (C=O) groups excluding carboxylic acids is 1. The average molecular weight is 267 g/mol. The number of hydrogen-bond donors (Lipinski definition) is 1. The van der Waals surface area contributed by atoms with Crippen LogP contribution in [0.3, 0.4) is 0 Å². The van der Waals surface area contributed by atoms with Gasteiger partial charge in [-0.2, -0.15) is 0 Å². The first kappa shape index (κ1) is 11.3. The number of likely N-dealkylation sites (tertiary alicyclic amines) is 1. The Hall–Kier alpha value is -2.56. The van der Waals surface area contributed by atoms with Gasteiger partial charge in [-0.1, -0.05) is 12.1 Å². The van der Waals surface area contributed by atoms with Crippen LogP contribution in [0.4, 0.5) is 0 Å². The van der Waals surface area contributed by atoms with Crippen LogP contribution < -0.4 is 0 Å². The van der Waals surface area contributed by atoms with Crippen LogP contribution in [-0.2, 0) is 0 Å². The largest absolute Gasteiger partial charge is 0.459 e. The molecule has 1 aliphatic heterocycles. The third-order valence-electron chi connectivity index (χ3n) is 3.70. The molecule has 0 saturated carbocycles. The summed E-state index contributed by atoms with van der Waals surface area (Å²) in [6, 6.07) is 11.4. The molecule has 0 atom stereocenters. The molecule has 20 heavy (non-hydrogen) atoms. The highest BCUT2D eigenvalue weighted by molar-refractivity contribution is 5.92. The summed E-state index contributed by atoms with van der Waals surface area (Å²) in [6.07, 6.45) is 1.52. The predicted octanol–water partition coefficient (Wildman–Crippen LogP) is 2.40. The SMILES string of the molecule is O=C(c1ccco1)N1CC(c2nc3ccccc3[nH]2)C1. The second kappa shape index (κ2) is 4.23. The maximum atomic E-state index is 12.0. The lowest BCUT2D eigenvalue weighted by Crippen LogP contribution is -2.48. The molecule has 2 aromatic heterocycles. The van der Waals surface area contributed by atoms with E-state index in [-0.39, 0.29) is 11.8 Å². The van der Waals surface area contributed by atoms with Crippen molar-refractivity contribution in [3.8, 4) is 0 Å². The van der Waals surface area contributed by atoms with Crippen LogP contribution in [0.25, 0.3) is 11.0 Å². The third kappa shape index (κ3) is 1.71. The number of H-pyrrole nitrogens is 1. The monoisotopic (exact) mass is 267 g/mol. The lowest BCUT2D eigenvalue weighted by atomic mass is 9.99. The smallest absolute Gasteiger partial charge is 0.289 e. The Labute approximate surface area is 115 Å². The van der Waals surface area contributed by atoms with Crippen LogP contribution in [0.1, 0.15) is 22.3 Å². The van der Waals surface area contributed by atoms with E-state index in [1.165, 1.54) is 6.26 Å². The first-order valence-electron chi connectivity index (χ1n) is 6.59. The summed E-state index contributed by atoms with van der Waals surface area (Å²) in [4.78, 5) is 21.7. The van der Waals surface area contributed by atoms with E-state index < -0.39 is 0 Å². The van der Waals surface area contributed by atoms with Gasteiger partial charge in [-0.25, -0.2) is 4.98 Å². The van der Waals surface area contributed by atoms with E-state index in [0.29, 0.717) is 18.8 Å². The van der Waals surface area contributed by atoms with Gasteiger partial charge in [-0.15, -0.1) is 0 Å². The number of carbonyl (C=O) groups is 1. The van der Waals surface area contributed by atoms with E-state index in [9.17, 15) is 4.79 Å². The average Bonchev–Trinajstić information content (AvgIpc) is 3.06. The number of nitrogens with one attached hydrogen (secondary N) is 1. The molecule has 1 aromatic carbocycles. The van der Waals surface area contributed by atoms with Crippen molar-refractivity contribution < 1.29 is 9.21 Å². The number of furan rings is 1. The van der Waals surface area contributed by atoms with Crippen molar-refractivity contribution in [2.45, 2.75) is 5.92 Å². The van der Waals surface area contributed by atoms with E-state index in [0.717, 1.165) is 16.9 Å². The van der Waals surface area contributed by atoms with Gasteiger partial charge in [-0.3, -0.25) is 4.79 Å².